The molecule has 0 saturated heterocycles. The highest BCUT2D eigenvalue weighted by molar-refractivity contribution is 5.95. The van der Waals surface area contributed by atoms with E-state index in [0.717, 1.165) is 36.9 Å². The van der Waals surface area contributed by atoms with E-state index in [-0.39, 0.29) is 17.9 Å². The first-order valence-corrected chi connectivity index (χ1v) is 7.33. The molecular formula is C17H27NO2. The molecule has 1 amide bonds. The molecule has 3 nitrogen and oxygen atoms in total. The summed E-state index contributed by atoms with van der Waals surface area (Å²) in [5, 5.41) is 8.76. The first-order valence-electron chi connectivity index (χ1n) is 7.33. The maximum atomic E-state index is 12.6. The lowest BCUT2D eigenvalue weighted by Crippen LogP contribution is -2.30. The number of carbonyl (C=O) groups excluding carboxylic acids is 1. The normalized spacial score (nSPS) is 11.4. The molecule has 0 aliphatic rings. The molecule has 1 aromatic rings. The van der Waals surface area contributed by atoms with Crippen molar-refractivity contribution in [1.82, 2.24) is 4.90 Å². The SMILES string of the molecule is CN(CCCCCO)C(=O)c1ccccc1C(C)(C)C. The predicted octanol–water partition coefficient (Wildman–Crippen LogP) is 3.22. The Morgan fingerprint density at radius 3 is 2.40 bits per heavy atom. The molecule has 1 rings (SSSR count). The number of hydrogen-bond donors (Lipinski definition) is 1. The molecule has 0 saturated carbocycles. The fraction of sp³-hybridized carbons (Fsp3) is 0.588. The molecule has 0 heterocycles. The second-order valence-electron chi connectivity index (χ2n) is 6.31. The Bertz CT molecular complexity index is 435. The average molecular weight is 277 g/mol. The molecule has 1 N–H and O–H groups in total. The first-order chi connectivity index (χ1) is 9.38. The molecule has 0 fully saturated rings. The van der Waals surface area contributed by atoms with Crippen LogP contribution >= 0.6 is 0 Å². The highest BCUT2D eigenvalue weighted by Crippen LogP contribution is 2.26. The minimum Gasteiger partial charge on any atom is -0.396 e. The summed E-state index contributed by atoms with van der Waals surface area (Å²) in [4.78, 5) is 14.3. The van der Waals surface area contributed by atoms with E-state index in [1.807, 2.05) is 31.3 Å². The van der Waals surface area contributed by atoms with Crippen LogP contribution in [0.4, 0.5) is 0 Å². The summed E-state index contributed by atoms with van der Waals surface area (Å²) >= 11 is 0. The van der Waals surface area contributed by atoms with Crippen molar-refractivity contribution < 1.29 is 9.90 Å². The zero-order valence-electron chi connectivity index (χ0n) is 13.1. The van der Waals surface area contributed by atoms with Crippen LogP contribution < -0.4 is 0 Å². The van der Waals surface area contributed by atoms with Crippen LogP contribution in [0.25, 0.3) is 0 Å². The lowest BCUT2D eigenvalue weighted by Gasteiger charge is -2.25. The largest absolute Gasteiger partial charge is 0.396 e. The molecular weight excluding hydrogens is 250 g/mol. The van der Waals surface area contributed by atoms with Crippen LogP contribution in [0.15, 0.2) is 24.3 Å². The fourth-order valence-electron chi connectivity index (χ4n) is 2.27. The van der Waals surface area contributed by atoms with Gasteiger partial charge in [0, 0.05) is 25.8 Å². The summed E-state index contributed by atoms with van der Waals surface area (Å²) in [7, 11) is 1.85. The topological polar surface area (TPSA) is 40.5 Å². The van der Waals surface area contributed by atoms with E-state index in [0.29, 0.717) is 0 Å². The second kappa shape index (κ2) is 7.44. The van der Waals surface area contributed by atoms with Gasteiger partial charge in [-0.2, -0.15) is 0 Å². The lowest BCUT2D eigenvalue weighted by molar-refractivity contribution is 0.0789. The van der Waals surface area contributed by atoms with Crippen LogP contribution in [-0.2, 0) is 5.41 Å². The summed E-state index contributed by atoms with van der Waals surface area (Å²) in [6.45, 7) is 7.34. The Morgan fingerprint density at radius 2 is 1.80 bits per heavy atom. The van der Waals surface area contributed by atoms with Gasteiger partial charge in [-0.1, -0.05) is 39.0 Å². The van der Waals surface area contributed by atoms with Gasteiger partial charge < -0.3 is 10.0 Å². The van der Waals surface area contributed by atoms with Gasteiger partial charge in [0.2, 0.25) is 0 Å². The molecule has 0 aliphatic carbocycles. The quantitative estimate of drug-likeness (QED) is 0.811. The van der Waals surface area contributed by atoms with Gasteiger partial charge in [-0.15, -0.1) is 0 Å². The molecule has 0 radical (unpaired) electrons. The minimum absolute atomic E-state index is 0.0377. The zero-order chi connectivity index (χ0) is 15.2. The van der Waals surface area contributed by atoms with Crippen LogP contribution in [0.2, 0.25) is 0 Å². The van der Waals surface area contributed by atoms with Gasteiger partial charge in [0.15, 0.2) is 0 Å². The van der Waals surface area contributed by atoms with Crippen molar-refractivity contribution in [3.05, 3.63) is 35.4 Å². The second-order valence-corrected chi connectivity index (χ2v) is 6.31. The number of aliphatic hydroxyl groups excluding tert-OH is 1. The number of hydrogen-bond acceptors (Lipinski definition) is 2. The van der Waals surface area contributed by atoms with E-state index in [2.05, 4.69) is 20.8 Å². The maximum absolute atomic E-state index is 12.6. The van der Waals surface area contributed by atoms with E-state index < -0.39 is 0 Å². The molecule has 20 heavy (non-hydrogen) atoms. The predicted molar refractivity (Wildman–Crippen MR) is 83.0 cm³/mol. The zero-order valence-corrected chi connectivity index (χ0v) is 13.1. The first kappa shape index (κ1) is 16.7. The Hall–Kier alpha value is -1.35. The third-order valence-electron chi connectivity index (χ3n) is 3.46. The highest BCUT2D eigenvalue weighted by atomic mass is 16.2. The monoisotopic (exact) mass is 277 g/mol. The number of carbonyl (C=O) groups is 1. The van der Waals surface area contributed by atoms with Crippen molar-refractivity contribution in [2.24, 2.45) is 0 Å². The van der Waals surface area contributed by atoms with Gasteiger partial charge in [0.1, 0.15) is 0 Å². The lowest BCUT2D eigenvalue weighted by atomic mass is 9.83. The summed E-state index contributed by atoms with van der Waals surface area (Å²) < 4.78 is 0. The van der Waals surface area contributed by atoms with Gasteiger partial charge in [-0.3, -0.25) is 4.79 Å². The minimum atomic E-state index is -0.0377. The Morgan fingerprint density at radius 1 is 1.15 bits per heavy atom. The van der Waals surface area contributed by atoms with Crippen LogP contribution in [0.1, 0.15) is 56.0 Å². The van der Waals surface area contributed by atoms with Gasteiger partial charge in [0.05, 0.1) is 0 Å². The number of rotatable bonds is 6. The van der Waals surface area contributed by atoms with Crippen molar-refractivity contribution >= 4 is 5.91 Å². The molecule has 0 bridgehead atoms. The summed E-state index contributed by atoms with van der Waals surface area (Å²) in [5.41, 5.74) is 1.85. The van der Waals surface area contributed by atoms with Crippen LogP contribution in [0.5, 0.6) is 0 Å². The number of amides is 1. The van der Waals surface area contributed by atoms with Crippen molar-refractivity contribution in [3.8, 4) is 0 Å². The summed E-state index contributed by atoms with van der Waals surface area (Å²) in [6, 6.07) is 7.85. The van der Waals surface area contributed by atoms with E-state index in [9.17, 15) is 4.79 Å². The van der Waals surface area contributed by atoms with E-state index in [4.69, 9.17) is 5.11 Å². The number of aliphatic hydroxyl groups is 1. The molecule has 0 unspecified atom stereocenters. The number of unbranched alkanes of at least 4 members (excludes halogenated alkanes) is 2. The van der Waals surface area contributed by atoms with Gasteiger partial charge in [-0.05, 0) is 36.3 Å². The molecule has 0 atom stereocenters. The number of nitrogens with zero attached hydrogens (tertiary/aromatic N) is 1. The van der Waals surface area contributed by atoms with Crippen LogP contribution in [0, 0.1) is 0 Å². The van der Waals surface area contributed by atoms with Crippen molar-refractivity contribution in [3.63, 3.8) is 0 Å². The van der Waals surface area contributed by atoms with Gasteiger partial charge >= 0.3 is 0 Å². The third-order valence-corrected chi connectivity index (χ3v) is 3.46. The highest BCUT2D eigenvalue weighted by Gasteiger charge is 2.22. The smallest absolute Gasteiger partial charge is 0.253 e. The molecule has 0 aromatic heterocycles. The van der Waals surface area contributed by atoms with Crippen LogP contribution in [-0.4, -0.2) is 36.1 Å². The fourth-order valence-corrected chi connectivity index (χ4v) is 2.27. The Balaban J connectivity index is 2.77. The van der Waals surface area contributed by atoms with Crippen molar-refractivity contribution in [2.45, 2.75) is 45.4 Å². The molecule has 0 aliphatic heterocycles. The Labute approximate surface area is 122 Å². The molecule has 0 spiro atoms. The molecule has 3 heteroatoms. The van der Waals surface area contributed by atoms with Gasteiger partial charge in [-0.25, -0.2) is 0 Å². The van der Waals surface area contributed by atoms with Gasteiger partial charge in [0.25, 0.3) is 5.91 Å². The summed E-state index contributed by atoms with van der Waals surface area (Å²) in [5.74, 6) is 0.0829. The number of benzene rings is 1. The average Bonchev–Trinajstić information content (AvgIpc) is 2.41. The summed E-state index contributed by atoms with van der Waals surface area (Å²) in [6.07, 6.45) is 2.69. The standard InChI is InChI=1S/C17H27NO2/c1-17(2,3)15-11-7-6-10-14(15)16(20)18(4)12-8-5-9-13-19/h6-7,10-11,19H,5,8-9,12-13H2,1-4H3. The third kappa shape index (κ3) is 4.64. The maximum Gasteiger partial charge on any atom is 0.253 e. The van der Waals surface area contributed by atoms with E-state index in [1.54, 1.807) is 4.90 Å². The molecule has 112 valence electrons. The van der Waals surface area contributed by atoms with E-state index in [1.165, 1.54) is 0 Å². The Kier molecular flexibility index (Phi) is 6.21. The van der Waals surface area contributed by atoms with E-state index >= 15 is 0 Å². The van der Waals surface area contributed by atoms with Crippen LogP contribution in [0.3, 0.4) is 0 Å². The molecule has 1 aromatic carbocycles. The van der Waals surface area contributed by atoms with Crippen molar-refractivity contribution in [1.29, 1.82) is 0 Å². The van der Waals surface area contributed by atoms with Crippen molar-refractivity contribution in [2.75, 3.05) is 20.2 Å².